The van der Waals surface area contributed by atoms with Crippen LogP contribution in [0.3, 0.4) is 0 Å². The summed E-state index contributed by atoms with van der Waals surface area (Å²) in [6.07, 6.45) is 4.94. The van der Waals surface area contributed by atoms with E-state index in [-0.39, 0.29) is 11.4 Å². The minimum absolute atomic E-state index is 0.170. The van der Waals surface area contributed by atoms with Gasteiger partial charge in [0.05, 0.1) is 0 Å². The quantitative estimate of drug-likeness (QED) is 0.749. The molecule has 80 valence electrons. The van der Waals surface area contributed by atoms with Crippen LogP contribution >= 0.6 is 0 Å². The molecule has 0 aromatic heterocycles. The van der Waals surface area contributed by atoms with Crippen molar-refractivity contribution >= 4 is 0 Å². The second-order valence-corrected chi connectivity index (χ2v) is 5.13. The van der Waals surface area contributed by atoms with Crippen molar-refractivity contribution in [3.8, 4) is 0 Å². The fourth-order valence-electron chi connectivity index (χ4n) is 3.49. The molecule has 0 amide bonds. The Morgan fingerprint density at radius 1 is 1.20 bits per heavy atom. The van der Waals surface area contributed by atoms with E-state index in [1.807, 2.05) is 12.1 Å². The van der Waals surface area contributed by atoms with Gasteiger partial charge in [-0.25, -0.2) is 4.39 Å². The van der Waals surface area contributed by atoms with Crippen molar-refractivity contribution < 1.29 is 4.39 Å². The number of halogens is 1. The molecule has 1 nitrogen and oxygen atoms in total. The summed E-state index contributed by atoms with van der Waals surface area (Å²) >= 11 is 0. The van der Waals surface area contributed by atoms with E-state index in [0.29, 0.717) is 5.92 Å². The van der Waals surface area contributed by atoms with Gasteiger partial charge in [-0.2, -0.15) is 0 Å². The minimum Gasteiger partial charge on any atom is -0.321 e. The van der Waals surface area contributed by atoms with Gasteiger partial charge in [-0.3, -0.25) is 0 Å². The van der Waals surface area contributed by atoms with Crippen molar-refractivity contribution in [3.63, 3.8) is 0 Å². The Labute approximate surface area is 89.5 Å². The molecular formula is C13H16FN. The number of nitrogens with two attached hydrogens (primary N) is 1. The molecule has 2 N–H and O–H groups in total. The van der Waals surface area contributed by atoms with Crippen molar-refractivity contribution in [2.45, 2.75) is 31.2 Å². The van der Waals surface area contributed by atoms with Crippen molar-refractivity contribution in [2.24, 2.45) is 17.6 Å². The van der Waals surface area contributed by atoms with Crippen LogP contribution in [0.4, 0.5) is 4.39 Å². The van der Waals surface area contributed by atoms with E-state index in [9.17, 15) is 4.39 Å². The average molecular weight is 205 g/mol. The van der Waals surface area contributed by atoms with E-state index in [2.05, 4.69) is 0 Å². The van der Waals surface area contributed by atoms with Gasteiger partial charge < -0.3 is 5.73 Å². The summed E-state index contributed by atoms with van der Waals surface area (Å²) in [5.74, 6) is 1.25. The van der Waals surface area contributed by atoms with Crippen LogP contribution in [-0.2, 0) is 5.54 Å². The molecule has 1 aromatic rings. The zero-order valence-corrected chi connectivity index (χ0v) is 8.75. The first-order valence-corrected chi connectivity index (χ1v) is 5.73. The molecule has 15 heavy (non-hydrogen) atoms. The van der Waals surface area contributed by atoms with Crippen LogP contribution in [0, 0.1) is 17.7 Å². The highest BCUT2D eigenvalue weighted by Gasteiger charge is 2.49. The summed E-state index contributed by atoms with van der Waals surface area (Å²) in [5.41, 5.74) is 7.44. The Kier molecular flexibility index (Phi) is 1.90. The zero-order valence-electron chi connectivity index (χ0n) is 8.75. The molecule has 3 rings (SSSR count). The first-order chi connectivity index (χ1) is 7.18. The smallest absolute Gasteiger partial charge is 0.123 e. The molecule has 0 spiro atoms. The Morgan fingerprint density at radius 2 is 1.93 bits per heavy atom. The maximum atomic E-state index is 12.8. The Hall–Kier alpha value is -0.890. The maximum absolute atomic E-state index is 12.8. The van der Waals surface area contributed by atoms with Crippen molar-refractivity contribution in [2.75, 3.05) is 0 Å². The molecule has 2 bridgehead atoms. The van der Waals surface area contributed by atoms with Crippen LogP contribution in [0.1, 0.15) is 31.2 Å². The largest absolute Gasteiger partial charge is 0.321 e. The van der Waals surface area contributed by atoms with Gasteiger partial charge in [-0.1, -0.05) is 18.6 Å². The number of benzene rings is 1. The average Bonchev–Trinajstić information content (AvgIpc) is 2.78. The second-order valence-electron chi connectivity index (χ2n) is 5.13. The summed E-state index contributed by atoms with van der Waals surface area (Å²) < 4.78 is 12.8. The number of rotatable bonds is 1. The summed E-state index contributed by atoms with van der Waals surface area (Å²) in [4.78, 5) is 0. The molecule has 1 aromatic carbocycles. The Balaban J connectivity index is 1.96. The summed E-state index contributed by atoms with van der Waals surface area (Å²) in [6, 6.07) is 6.76. The topological polar surface area (TPSA) is 26.0 Å². The van der Waals surface area contributed by atoms with Crippen LogP contribution in [-0.4, -0.2) is 0 Å². The van der Waals surface area contributed by atoms with Gasteiger partial charge in [0.1, 0.15) is 5.82 Å². The van der Waals surface area contributed by atoms with Gasteiger partial charge in [0, 0.05) is 5.54 Å². The van der Waals surface area contributed by atoms with Crippen molar-refractivity contribution in [1.29, 1.82) is 0 Å². The van der Waals surface area contributed by atoms with Crippen LogP contribution < -0.4 is 5.73 Å². The molecule has 0 saturated heterocycles. The fraction of sp³-hybridized carbons (Fsp3) is 0.538. The maximum Gasteiger partial charge on any atom is 0.123 e. The van der Waals surface area contributed by atoms with E-state index >= 15 is 0 Å². The molecule has 2 saturated carbocycles. The Bertz CT molecular complexity index is 373. The SMILES string of the molecule is NC1(c2ccc(F)cc2)CC2CCC1C2. The van der Waals surface area contributed by atoms with Gasteiger partial charge in [0.2, 0.25) is 0 Å². The first-order valence-electron chi connectivity index (χ1n) is 5.73. The van der Waals surface area contributed by atoms with Crippen LogP contribution in [0.25, 0.3) is 0 Å². The number of fused-ring (bicyclic) bond motifs is 2. The second kappa shape index (κ2) is 3.05. The predicted octanol–water partition coefficient (Wildman–Crippen LogP) is 2.80. The van der Waals surface area contributed by atoms with E-state index in [4.69, 9.17) is 5.73 Å². The normalized spacial score (nSPS) is 38.5. The van der Waals surface area contributed by atoms with Crippen LogP contribution in [0.2, 0.25) is 0 Å². The van der Waals surface area contributed by atoms with E-state index in [1.165, 1.54) is 31.4 Å². The van der Waals surface area contributed by atoms with E-state index < -0.39 is 0 Å². The minimum atomic E-state index is -0.175. The van der Waals surface area contributed by atoms with Crippen molar-refractivity contribution in [1.82, 2.24) is 0 Å². The number of hydrogen-bond acceptors (Lipinski definition) is 1. The highest BCUT2D eigenvalue weighted by atomic mass is 19.1. The lowest BCUT2D eigenvalue weighted by atomic mass is 9.77. The monoisotopic (exact) mass is 205 g/mol. The molecule has 3 atom stereocenters. The van der Waals surface area contributed by atoms with Crippen LogP contribution in [0.15, 0.2) is 24.3 Å². The highest BCUT2D eigenvalue weighted by molar-refractivity contribution is 5.28. The molecule has 0 heterocycles. The van der Waals surface area contributed by atoms with Crippen LogP contribution in [0.5, 0.6) is 0 Å². The standard InChI is InChI=1S/C13H16FN/c14-12-5-3-10(4-6-12)13(15)8-9-1-2-11(13)7-9/h3-6,9,11H,1-2,7-8,15H2. The number of hydrogen-bond donors (Lipinski definition) is 1. The molecule has 2 fully saturated rings. The molecule has 3 unspecified atom stereocenters. The lowest BCUT2D eigenvalue weighted by Crippen LogP contribution is -2.41. The van der Waals surface area contributed by atoms with Gasteiger partial charge >= 0.3 is 0 Å². The molecule has 0 radical (unpaired) electrons. The van der Waals surface area contributed by atoms with Crippen molar-refractivity contribution in [3.05, 3.63) is 35.6 Å². The van der Waals surface area contributed by atoms with E-state index in [0.717, 1.165) is 17.9 Å². The summed E-state index contributed by atoms with van der Waals surface area (Å²) in [5, 5.41) is 0. The summed E-state index contributed by atoms with van der Waals surface area (Å²) in [6.45, 7) is 0. The highest BCUT2D eigenvalue weighted by Crippen LogP contribution is 2.53. The molecule has 0 aliphatic heterocycles. The molecular weight excluding hydrogens is 189 g/mol. The molecule has 2 aliphatic rings. The molecule has 2 aliphatic carbocycles. The van der Waals surface area contributed by atoms with Gasteiger partial charge in [0.15, 0.2) is 0 Å². The van der Waals surface area contributed by atoms with Gasteiger partial charge in [0.25, 0.3) is 0 Å². The third kappa shape index (κ3) is 1.31. The third-order valence-corrected chi connectivity index (χ3v) is 4.28. The van der Waals surface area contributed by atoms with Gasteiger partial charge in [-0.05, 0) is 48.8 Å². The third-order valence-electron chi connectivity index (χ3n) is 4.28. The summed E-state index contributed by atoms with van der Waals surface area (Å²) in [7, 11) is 0. The first kappa shape index (κ1) is 9.34. The van der Waals surface area contributed by atoms with E-state index in [1.54, 1.807) is 0 Å². The zero-order chi connectivity index (χ0) is 10.5. The Morgan fingerprint density at radius 3 is 2.47 bits per heavy atom. The lowest BCUT2D eigenvalue weighted by molar-refractivity contribution is 0.276. The molecule has 2 heteroatoms. The lowest BCUT2D eigenvalue weighted by Gasteiger charge is -2.34. The fourth-order valence-corrected chi connectivity index (χ4v) is 3.49. The predicted molar refractivity (Wildman–Crippen MR) is 57.7 cm³/mol. The van der Waals surface area contributed by atoms with Gasteiger partial charge in [-0.15, -0.1) is 0 Å².